The topological polar surface area (TPSA) is 42.0 Å². The molecule has 2 rings (SSSR count). The Hall–Kier alpha value is -1.68. The molecule has 0 spiro atoms. The minimum Gasteiger partial charge on any atom is -0.322 e. The summed E-state index contributed by atoms with van der Waals surface area (Å²) in [5.41, 5.74) is 3.29. The first-order chi connectivity index (χ1) is 8.58. The molecule has 2 aromatic rings. The van der Waals surface area contributed by atoms with Gasteiger partial charge in [0, 0.05) is 22.1 Å². The molecule has 0 aliphatic carbocycles. The molecule has 92 valence electrons. The molecule has 1 aromatic heterocycles. The molecular formula is C14H13BrN2O. The van der Waals surface area contributed by atoms with Crippen LogP contribution in [0.1, 0.15) is 21.6 Å². The Morgan fingerprint density at radius 1 is 1.28 bits per heavy atom. The summed E-state index contributed by atoms with van der Waals surface area (Å²) in [6.07, 6.45) is 1.68. The highest BCUT2D eigenvalue weighted by Gasteiger charge is 2.11. The summed E-state index contributed by atoms with van der Waals surface area (Å²) >= 11 is 3.44. The summed E-state index contributed by atoms with van der Waals surface area (Å²) in [7, 11) is 0. The lowest BCUT2D eigenvalue weighted by Gasteiger charge is -2.08. The molecule has 0 saturated heterocycles. The fourth-order valence-corrected chi connectivity index (χ4v) is 2.09. The van der Waals surface area contributed by atoms with Gasteiger partial charge in [-0.2, -0.15) is 0 Å². The van der Waals surface area contributed by atoms with Crippen LogP contribution >= 0.6 is 15.9 Å². The normalized spacial score (nSPS) is 10.2. The van der Waals surface area contributed by atoms with Crippen molar-refractivity contribution in [2.45, 2.75) is 13.8 Å². The van der Waals surface area contributed by atoms with Crippen molar-refractivity contribution in [3.63, 3.8) is 0 Å². The van der Waals surface area contributed by atoms with E-state index >= 15 is 0 Å². The largest absolute Gasteiger partial charge is 0.322 e. The summed E-state index contributed by atoms with van der Waals surface area (Å²) in [5, 5.41) is 2.86. The molecule has 1 amide bonds. The third-order valence-electron chi connectivity index (χ3n) is 2.59. The smallest absolute Gasteiger partial charge is 0.256 e. The first-order valence-corrected chi connectivity index (χ1v) is 6.36. The molecule has 0 aliphatic heterocycles. The number of pyridine rings is 1. The van der Waals surface area contributed by atoms with Crippen LogP contribution in [0.25, 0.3) is 0 Å². The van der Waals surface area contributed by atoms with Gasteiger partial charge >= 0.3 is 0 Å². The number of benzene rings is 1. The van der Waals surface area contributed by atoms with E-state index in [0.29, 0.717) is 5.56 Å². The van der Waals surface area contributed by atoms with Crippen LogP contribution in [0.15, 0.2) is 41.0 Å². The summed E-state index contributed by atoms with van der Waals surface area (Å²) in [5.74, 6) is -0.129. The van der Waals surface area contributed by atoms with Crippen molar-refractivity contribution in [2.75, 3.05) is 5.32 Å². The number of aryl methyl sites for hydroxylation is 2. The standard InChI is InChI=1S/C14H13BrN2O/c1-9-4-3-5-12(13(9)15)14(18)17-11-6-7-16-10(2)8-11/h3-8H,1-2H3,(H,16,17,18). The summed E-state index contributed by atoms with van der Waals surface area (Å²) in [6, 6.07) is 9.22. The number of nitrogens with zero attached hydrogens (tertiary/aromatic N) is 1. The Labute approximate surface area is 114 Å². The van der Waals surface area contributed by atoms with E-state index in [9.17, 15) is 4.79 Å². The second-order valence-electron chi connectivity index (χ2n) is 4.08. The van der Waals surface area contributed by atoms with Crippen molar-refractivity contribution in [1.29, 1.82) is 0 Å². The van der Waals surface area contributed by atoms with Crippen molar-refractivity contribution in [1.82, 2.24) is 4.98 Å². The molecule has 0 aliphatic rings. The van der Waals surface area contributed by atoms with Crippen LogP contribution in [0.2, 0.25) is 0 Å². The molecule has 0 bridgehead atoms. The molecule has 0 unspecified atom stereocenters. The third-order valence-corrected chi connectivity index (χ3v) is 3.64. The Balaban J connectivity index is 2.25. The van der Waals surface area contributed by atoms with E-state index in [2.05, 4.69) is 26.2 Å². The average molecular weight is 305 g/mol. The van der Waals surface area contributed by atoms with Crippen LogP contribution in [0.4, 0.5) is 5.69 Å². The fourth-order valence-electron chi connectivity index (χ4n) is 1.64. The van der Waals surface area contributed by atoms with Gasteiger partial charge in [-0.1, -0.05) is 12.1 Å². The van der Waals surface area contributed by atoms with Gasteiger partial charge in [-0.25, -0.2) is 0 Å². The van der Waals surface area contributed by atoms with E-state index in [1.165, 1.54) is 0 Å². The third kappa shape index (κ3) is 2.76. The van der Waals surface area contributed by atoms with Gasteiger partial charge in [0.15, 0.2) is 0 Å². The van der Waals surface area contributed by atoms with Gasteiger partial charge < -0.3 is 5.32 Å². The number of aromatic nitrogens is 1. The first kappa shape index (κ1) is 12.8. The quantitative estimate of drug-likeness (QED) is 0.919. The zero-order valence-electron chi connectivity index (χ0n) is 10.2. The number of anilines is 1. The predicted octanol–water partition coefficient (Wildman–Crippen LogP) is 3.71. The molecule has 3 nitrogen and oxygen atoms in total. The van der Waals surface area contributed by atoms with Crippen LogP contribution < -0.4 is 5.32 Å². The van der Waals surface area contributed by atoms with E-state index in [-0.39, 0.29) is 5.91 Å². The summed E-state index contributed by atoms with van der Waals surface area (Å²) in [4.78, 5) is 16.2. The van der Waals surface area contributed by atoms with Gasteiger partial charge in [0.1, 0.15) is 0 Å². The minimum absolute atomic E-state index is 0.129. The lowest BCUT2D eigenvalue weighted by atomic mass is 10.1. The Bertz CT molecular complexity index is 596. The Morgan fingerprint density at radius 3 is 2.78 bits per heavy atom. The van der Waals surface area contributed by atoms with Crippen molar-refractivity contribution >= 4 is 27.5 Å². The molecule has 0 fully saturated rings. The van der Waals surface area contributed by atoms with Crippen LogP contribution in [0.3, 0.4) is 0 Å². The molecule has 4 heteroatoms. The van der Waals surface area contributed by atoms with Crippen molar-refractivity contribution in [3.8, 4) is 0 Å². The number of nitrogens with one attached hydrogen (secondary N) is 1. The number of hydrogen-bond acceptors (Lipinski definition) is 2. The van der Waals surface area contributed by atoms with Gasteiger partial charge in [-0.15, -0.1) is 0 Å². The lowest BCUT2D eigenvalue weighted by Crippen LogP contribution is -2.13. The van der Waals surface area contributed by atoms with E-state index < -0.39 is 0 Å². The van der Waals surface area contributed by atoms with Gasteiger partial charge in [-0.3, -0.25) is 9.78 Å². The molecule has 0 radical (unpaired) electrons. The van der Waals surface area contributed by atoms with Crippen molar-refractivity contribution < 1.29 is 4.79 Å². The zero-order chi connectivity index (χ0) is 13.1. The molecule has 0 saturated carbocycles. The van der Waals surface area contributed by atoms with E-state index in [0.717, 1.165) is 21.4 Å². The van der Waals surface area contributed by atoms with E-state index in [1.807, 2.05) is 32.0 Å². The highest BCUT2D eigenvalue weighted by atomic mass is 79.9. The molecule has 1 N–H and O–H groups in total. The number of carbonyl (C=O) groups is 1. The summed E-state index contributed by atoms with van der Waals surface area (Å²) in [6.45, 7) is 3.84. The summed E-state index contributed by atoms with van der Waals surface area (Å²) < 4.78 is 0.827. The van der Waals surface area contributed by atoms with Crippen molar-refractivity contribution in [2.24, 2.45) is 0 Å². The second kappa shape index (κ2) is 5.31. The van der Waals surface area contributed by atoms with E-state index in [1.54, 1.807) is 18.3 Å². The van der Waals surface area contributed by atoms with Gasteiger partial charge in [0.05, 0.1) is 5.56 Å². The van der Waals surface area contributed by atoms with Crippen molar-refractivity contribution in [3.05, 3.63) is 57.8 Å². The van der Waals surface area contributed by atoms with Crippen LogP contribution in [0.5, 0.6) is 0 Å². The molecule has 18 heavy (non-hydrogen) atoms. The first-order valence-electron chi connectivity index (χ1n) is 5.57. The highest BCUT2D eigenvalue weighted by molar-refractivity contribution is 9.10. The number of amides is 1. The fraction of sp³-hybridized carbons (Fsp3) is 0.143. The molecule has 0 atom stereocenters. The number of hydrogen-bond donors (Lipinski definition) is 1. The number of rotatable bonds is 2. The van der Waals surface area contributed by atoms with Gasteiger partial charge in [-0.05, 0) is 53.5 Å². The molecule has 1 aromatic carbocycles. The molecule has 1 heterocycles. The second-order valence-corrected chi connectivity index (χ2v) is 4.87. The average Bonchev–Trinajstić information content (AvgIpc) is 2.32. The zero-order valence-corrected chi connectivity index (χ0v) is 11.8. The van der Waals surface area contributed by atoms with Gasteiger partial charge in [0.2, 0.25) is 0 Å². The van der Waals surface area contributed by atoms with Crippen LogP contribution in [0, 0.1) is 13.8 Å². The minimum atomic E-state index is -0.129. The number of carbonyl (C=O) groups excluding carboxylic acids is 1. The van der Waals surface area contributed by atoms with Crippen LogP contribution in [-0.4, -0.2) is 10.9 Å². The molecular weight excluding hydrogens is 292 g/mol. The van der Waals surface area contributed by atoms with Gasteiger partial charge in [0.25, 0.3) is 5.91 Å². The number of halogens is 1. The maximum absolute atomic E-state index is 12.1. The predicted molar refractivity (Wildman–Crippen MR) is 75.8 cm³/mol. The van der Waals surface area contributed by atoms with Crippen LogP contribution in [-0.2, 0) is 0 Å². The Kier molecular flexibility index (Phi) is 3.77. The highest BCUT2D eigenvalue weighted by Crippen LogP contribution is 2.22. The maximum atomic E-state index is 12.1. The monoisotopic (exact) mass is 304 g/mol. The van der Waals surface area contributed by atoms with E-state index in [4.69, 9.17) is 0 Å². The lowest BCUT2D eigenvalue weighted by molar-refractivity contribution is 0.102. The Morgan fingerprint density at radius 2 is 2.06 bits per heavy atom. The SMILES string of the molecule is Cc1cc(NC(=O)c2cccc(C)c2Br)ccn1. The maximum Gasteiger partial charge on any atom is 0.256 e.